The number of thiophene rings is 1. The number of piperazine rings is 1. The van der Waals surface area contributed by atoms with Crippen LogP contribution in [0.3, 0.4) is 0 Å². The molecule has 11 heteroatoms. The van der Waals surface area contributed by atoms with Gasteiger partial charge in [-0.15, -0.1) is 11.3 Å². The summed E-state index contributed by atoms with van der Waals surface area (Å²) < 4.78 is 33.8. The van der Waals surface area contributed by atoms with E-state index in [9.17, 15) is 13.5 Å². The number of rotatable bonds is 6. The van der Waals surface area contributed by atoms with Gasteiger partial charge in [0.1, 0.15) is 4.21 Å². The average Bonchev–Trinajstić information content (AvgIpc) is 3.21. The van der Waals surface area contributed by atoms with Gasteiger partial charge in [-0.05, 0) is 51.2 Å². The Morgan fingerprint density at radius 3 is 2.50 bits per heavy atom. The normalized spacial score (nSPS) is 21.7. The highest BCUT2D eigenvalue weighted by molar-refractivity contribution is 7.91. The fraction of sp³-hybridized carbons (Fsp3) is 0.619. The van der Waals surface area contributed by atoms with Gasteiger partial charge >= 0.3 is 0 Å². The minimum atomic E-state index is -3.60. The fourth-order valence-electron chi connectivity index (χ4n) is 4.26. The number of anilines is 2. The monoisotopic (exact) mass is 481 g/mol. The van der Waals surface area contributed by atoms with Crippen LogP contribution in [-0.4, -0.2) is 66.7 Å². The predicted molar refractivity (Wildman–Crippen MR) is 124 cm³/mol. The Balaban J connectivity index is 1.57. The van der Waals surface area contributed by atoms with Crippen LogP contribution in [0.2, 0.25) is 0 Å². The van der Waals surface area contributed by atoms with Gasteiger partial charge in [-0.3, -0.25) is 0 Å². The summed E-state index contributed by atoms with van der Waals surface area (Å²) >= 11 is 1.10. The molecule has 2 aromatic rings. The van der Waals surface area contributed by atoms with E-state index in [-0.39, 0.29) is 10.3 Å². The van der Waals surface area contributed by atoms with Crippen molar-refractivity contribution in [2.75, 3.05) is 43.5 Å². The lowest BCUT2D eigenvalue weighted by atomic mass is 9.91. The molecule has 3 N–H and O–H groups in total. The average molecular weight is 482 g/mol. The van der Waals surface area contributed by atoms with Crippen molar-refractivity contribution in [3.8, 4) is 0 Å². The molecule has 0 aromatic carbocycles. The number of hydrogen-bond acceptors (Lipinski definition) is 9. The molecule has 2 fully saturated rings. The van der Waals surface area contributed by atoms with Crippen LogP contribution >= 0.6 is 11.3 Å². The Hall–Kier alpha value is -1.79. The topological polar surface area (TPSA) is 122 Å². The molecular weight excluding hydrogens is 450 g/mol. The molecule has 2 aliphatic rings. The number of sulfonamides is 1. The van der Waals surface area contributed by atoms with E-state index in [1.807, 2.05) is 0 Å². The van der Waals surface area contributed by atoms with Crippen LogP contribution < -0.4 is 10.6 Å². The van der Waals surface area contributed by atoms with Crippen LogP contribution in [0.5, 0.6) is 0 Å². The van der Waals surface area contributed by atoms with E-state index in [2.05, 4.69) is 14.9 Å². The lowest BCUT2D eigenvalue weighted by Crippen LogP contribution is -2.56. The first kappa shape index (κ1) is 23.4. The summed E-state index contributed by atoms with van der Waals surface area (Å²) in [5.74, 6) is 1.03. The first-order valence-electron chi connectivity index (χ1n) is 10.9. The molecular formula is C21H31N5O4S2. The number of ether oxygens (including phenoxy) is 1. The van der Waals surface area contributed by atoms with E-state index < -0.39 is 15.6 Å². The summed E-state index contributed by atoms with van der Waals surface area (Å²) in [6.07, 6.45) is 6.07. The number of aliphatic hydroxyl groups is 1. The molecule has 0 bridgehead atoms. The van der Waals surface area contributed by atoms with Gasteiger partial charge in [0.05, 0.1) is 10.6 Å². The SMILES string of the molecule is CC(C)(O)c1cnc(N2CCN(S(=O)(=O)c3ccc(N)s3)C[C@@H]2CC2CCOCC2)nc1. The van der Waals surface area contributed by atoms with Crippen molar-refractivity contribution >= 4 is 32.3 Å². The molecule has 4 rings (SSSR count). The first-order valence-corrected chi connectivity index (χ1v) is 13.1. The summed E-state index contributed by atoms with van der Waals surface area (Å²) in [4.78, 5) is 11.1. The molecule has 0 unspecified atom stereocenters. The Kier molecular flexibility index (Phi) is 6.73. The van der Waals surface area contributed by atoms with E-state index in [0.29, 0.717) is 42.1 Å². The number of nitrogens with zero attached hydrogens (tertiary/aromatic N) is 4. The van der Waals surface area contributed by atoms with Crippen molar-refractivity contribution < 1.29 is 18.3 Å². The van der Waals surface area contributed by atoms with Crippen molar-refractivity contribution in [2.45, 2.75) is 49.0 Å². The highest BCUT2D eigenvalue weighted by atomic mass is 32.2. The van der Waals surface area contributed by atoms with Crippen molar-refractivity contribution in [3.05, 3.63) is 30.1 Å². The van der Waals surface area contributed by atoms with Gasteiger partial charge < -0.3 is 20.5 Å². The highest BCUT2D eigenvalue weighted by Gasteiger charge is 2.37. The van der Waals surface area contributed by atoms with Gasteiger partial charge in [0.15, 0.2) is 0 Å². The second kappa shape index (κ2) is 9.22. The fourth-order valence-corrected chi connectivity index (χ4v) is 6.98. The van der Waals surface area contributed by atoms with E-state index in [1.165, 1.54) is 0 Å². The molecule has 2 saturated heterocycles. The molecule has 2 aromatic heterocycles. The maximum Gasteiger partial charge on any atom is 0.252 e. The van der Waals surface area contributed by atoms with Gasteiger partial charge in [-0.2, -0.15) is 4.31 Å². The van der Waals surface area contributed by atoms with E-state index in [4.69, 9.17) is 10.5 Å². The summed E-state index contributed by atoms with van der Waals surface area (Å²) in [7, 11) is -3.60. The molecule has 32 heavy (non-hydrogen) atoms. The zero-order valence-corrected chi connectivity index (χ0v) is 20.1. The maximum atomic E-state index is 13.2. The third-order valence-electron chi connectivity index (χ3n) is 6.19. The molecule has 2 aliphatic heterocycles. The van der Waals surface area contributed by atoms with E-state index in [0.717, 1.165) is 43.8 Å². The molecule has 4 heterocycles. The zero-order chi connectivity index (χ0) is 22.9. The molecule has 1 atom stereocenters. The van der Waals surface area contributed by atoms with Crippen LogP contribution in [0.4, 0.5) is 10.9 Å². The summed E-state index contributed by atoms with van der Waals surface area (Å²) in [5, 5.41) is 10.7. The summed E-state index contributed by atoms with van der Waals surface area (Å²) in [5.41, 5.74) is 5.40. The van der Waals surface area contributed by atoms with Gasteiger partial charge in [0.25, 0.3) is 10.0 Å². The van der Waals surface area contributed by atoms with Crippen LogP contribution in [0.1, 0.15) is 38.7 Å². The summed E-state index contributed by atoms with van der Waals surface area (Å²) in [6.45, 7) is 6.08. The van der Waals surface area contributed by atoms with Crippen LogP contribution in [0.25, 0.3) is 0 Å². The second-order valence-corrected chi connectivity index (χ2v) is 12.3. The van der Waals surface area contributed by atoms with E-state index >= 15 is 0 Å². The molecule has 0 saturated carbocycles. The Bertz CT molecular complexity index is 1010. The van der Waals surface area contributed by atoms with Crippen LogP contribution in [0, 0.1) is 5.92 Å². The van der Waals surface area contributed by atoms with Crippen LogP contribution in [0.15, 0.2) is 28.7 Å². The third-order valence-corrected chi connectivity index (χ3v) is 9.44. The number of nitrogen functional groups attached to an aromatic ring is 1. The lowest BCUT2D eigenvalue weighted by Gasteiger charge is -2.42. The second-order valence-electron chi connectivity index (χ2n) is 8.99. The largest absolute Gasteiger partial charge is 0.391 e. The zero-order valence-electron chi connectivity index (χ0n) is 18.5. The Labute approximate surface area is 193 Å². The first-order chi connectivity index (χ1) is 15.1. The molecule has 9 nitrogen and oxygen atoms in total. The van der Waals surface area contributed by atoms with E-state index in [1.54, 1.807) is 42.7 Å². The van der Waals surface area contributed by atoms with Crippen molar-refractivity contribution in [1.29, 1.82) is 0 Å². The van der Waals surface area contributed by atoms with Gasteiger partial charge in [0, 0.05) is 56.8 Å². The van der Waals surface area contributed by atoms with Crippen LogP contribution in [-0.2, 0) is 20.4 Å². The van der Waals surface area contributed by atoms with Gasteiger partial charge in [-0.25, -0.2) is 18.4 Å². The minimum absolute atomic E-state index is 0.0491. The highest BCUT2D eigenvalue weighted by Crippen LogP contribution is 2.32. The minimum Gasteiger partial charge on any atom is -0.391 e. The van der Waals surface area contributed by atoms with Crippen molar-refractivity contribution in [3.63, 3.8) is 0 Å². The third kappa shape index (κ3) is 5.07. The van der Waals surface area contributed by atoms with Gasteiger partial charge in [-0.1, -0.05) is 0 Å². The maximum absolute atomic E-state index is 13.2. The van der Waals surface area contributed by atoms with Gasteiger partial charge in [0.2, 0.25) is 5.95 Å². The molecule has 0 amide bonds. The van der Waals surface area contributed by atoms with Crippen molar-refractivity contribution in [1.82, 2.24) is 14.3 Å². The number of nitrogens with two attached hydrogens (primary N) is 1. The Morgan fingerprint density at radius 2 is 1.91 bits per heavy atom. The smallest absolute Gasteiger partial charge is 0.252 e. The molecule has 176 valence electrons. The predicted octanol–water partition coefficient (Wildman–Crippen LogP) is 2.04. The number of aromatic nitrogens is 2. The summed E-state index contributed by atoms with van der Waals surface area (Å²) in [6, 6.07) is 3.16. The lowest BCUT2D eigenvalue weighted by molar-refractivity contribution is 0.0601. The molecule has 0 radical (unpaired) electrons. The number of hydrogen-bond donors (Lipinski definition) is 2. The molecule has 0 spiro atoms. The standard InChI is InChI=1S/C21H31N5O4S2/c1-21(2,27)16-12-23-20(24-13-16)26-8-7-25(32(28,29)19-4-3-18(22)31-19)14-17(26)11-15-5-9-30-10-6-15/h3-4,12-13,15,17,27H,5-11,14,22H2,1-2H3/t17-/m0/s1. The quantitative estimate of drug-likeness (QED) is 0.643. The molecule has 0 aliphatic carbocycles. The Morgan fingerprint density at radius 1 is 1.22 bits per heavy atom. The van der Waals surface area contributed by atoms with Crippen molar-refractivity contribution in [2.24, 2.45) is 5.92 Å².